The summed E-state index contributed by atoms with van der Waals surface area (Å²) in [7, 11) is 0. The molecule has 1 aliphatic heterocycles. The van der Waals surface area contributed by atoms with Gasteiger partial charge in [-0.3, -0.25) is 0 Å². The summed E-state index contributed by atoms with van der Waals surface area (Å²) in [6.45, 7) is 3.32. The van der Waals surface area contributed by atoms with Gasteiger partial charge in [-0.05, 0) is 45.1 Å². The fourth-order valence-corrected chi connectivity index (χ4v) is 3.42. The van der Waals surface area contributed by atoms with Crippen molar-refractivity contribution in [2.45, 2.75) is 69.9 Å². The molecule has 0 spiro atoms. The van der Waals surface area contributed by atoms with E-state index in [1.807, 2.05) is 0 Å². The topological polar surface area (TPSA) is 32.3 Å². The predicted molar refractivity (Wildman–Crippen MR) is 62.8 cm³/mol. The monoisotopic (exact) mass is 211 g/mol. The van der Waals surface area contributed by atoms with E-state index in [-0.39, 0.29) is 11.6 Å². The maximum atomic E-state index is 9.81. The Bertz CT molecular complexity index is 199. The first kappa shape index (κ1) is 11.4. The first-order valence-corrected chi connectivity index (χ1v) is 6.64. The average Bonchev–Trinajstić information content (AvgIpc) is 2.45. The van der Waals surface area contributed by atoms with Crippen molar-refractivity contribution in [1.82, 2.24) is 5.32 Å². The van der Waals surface area contributed by atoms with Crippen molar-refractivity contribution >= 4 is 0 Å². The van der Waals surface area contributed by atoms with Crippen LogP contribution in [0, 0.1) is 5.92 Å². The normalized spacial score (nSPS) is 40.0. The van der Waals surface area contributed by atoms with Crippen molar-refractivity contribution in [2.24, 2.45) is 5.92 Å². The Morgan fingerprint density at radius 3 is 2.33 bits per heavy atom. The van der Waals surface area contributed by atoms with Crippen molar-refractivity contribution in [3.05, 3.63) is 0 Å². The molecule has 2 nitrogen and oxygen atoms in total. The lowest BCUT2D eigenvalue weighted by molar-refractivity contribution is 0.0517. The zero-order valence-corrected chi connectivity index (χ0v) is 9.97. The molecule has 2 atom stereocenters. The molecule has 1 saturated carbocycles. The summed E-state index contributed by atoms with van der Waals surface area (Å²) >= 11 is 0. The van der Waals surface area contributed by atoms with E-state index in [4.69, 9.17) is 0 Å². The summed E-state index contributed by atoms with van der Waals surface area (Å²) in [5.74, 6) is 0.787. The molecule has 2 unspecified atom stereocenters. The minimum absolute atomic E-state index is 0.0699. The van der Waals surface area contributed by atoms with Crippen molar-refractivity contribution in [3.63, 3.8) is 0 Å². The van der Waals surface area contributed by atoms with Gasteiger partial charge in [-0.2, -0.15) is 0 Å². The van der Waals surface area contributed by atoms with Crippen LogP contribution in [0.1, 0.15) is 58.3 Å². The molecule has 88 valence electrons. The molecule has 15 heavy (non-hydrogen) atoms. The number of aliphatic hydroxyl groups excluding tert-OH is 1. The van der Waals surface area contributed by atoms with Crippen LogP contribution in [0.5, 0.6) is 0 Å². The van der Waals surface area contributed by atoms with Gasteiger partial charge in [0.1, 0.15) is 0 Å². The third kappa shape index (κ3) is 2.73. The Morgan fingerprint density at radius 2 is 1.73 bits per heavy atom. The summed E-state index contributed by atoms with van der Waals surface area (Å²) in [5, 5.41) is 13.5. The number of nitrogens with one attached hydrogen (secondary N) is 1. The van der Waals surface area contributed by atoms with E-state index < -0.39 is 0 Å². The molecule has 0 aromatic rings. The van der Waals surface area contributed by atoms with E-state index in [2.05, 4.69) is 12.2 Å². The Morgan fingerprint density at radius 1 is 1.07 bits per heavy atom. The SMILES string of the molecule is CC1(C2CCCCCC2)CC(O)CCN1. The van der Waals surface area contributed by atoms with Gasteiger partial charge < -0.3 is 10.4 Å². The third-order valence-corrected chi connectivity index (χ3v) is 4.42. The number of piperidine rings is 1. The standard InChI is InChI=1S/C13H25NO/c1-13(10-12(15)8-9-14-13)11-6-4-2-3-5-7-11/h11-12,14-15H,2-10H2,1H3. The molecule has 1 saturated heterocycles. The van der Waals surface area contributed by atoms with Gasteiger partial charge in [0.2, 0.25) is 0 Å². The molecule has 0 aromatic carbocycles. The summed E-state index contributed by atoms with van der Waals surface area (Å²) in [6, 6.07) is 0. The molecule has 0 bridgehead atoms. The van der Waals surface area contributed by atoms with E-state index in [1.54, 1.807) is 0 Å². The van der Waals surface area contributed by atoms with Crippen LogP contribution in [-0.4, -0.2) is 23.3 Å². The Kier molecular flexibility index (Phi) is 3.68. The molecule has 1 aliphatic carbocycles. The zero-order valence-electron chi connectivity index (χ0n) is 9.97. The molecule has 2 N–H and O–H groups in total. The fraction of sp³-hybridized carbons (Fsp3) is 1.00. The highest BCUT2D eigenvalue weighted by atomic mass is 16.3. The lowest BCUT2D eigenvalue weighted by Crippen LogP contribution is -2.55. The van der Waals surface area contributed by atoms with Crippen LogP contribution in [-0.2, 0) is 0 Å². The van der Waals surface area contributed by atoms with Gasteiger partial charge in [0.25, 0.3) is 0 Å². The van der Waals surface area contributed by atoms with E-state index in [9.17, 15) is 5.11 Å². The van der Waals surface area contributed by atoms with Gasteiger partial charge in [-0.25, -0.2) is 0 Å². The second kappa shape index (κ2) is 4.84. The van der Waals surface area contributed by atoms with Crippen molar-refractivity contribution < 1.29 is 5.11 Å². The van der Waals surface area contributed by atoms with Gasteiger partial charge in [-0.15, -0.1) is 0 Å². The van der Waals surface area contributed by atoms with Crippen molar-refractivity contribution in [3.8, 4) is 0 Å². The summed E-state index contributed by atoms with van der Waals surface area (Å²) < 4.78 is 0. The lowest BCUT2D eigenvalue weighted by atomic mass is 9.74. The minimum Gasteiger partial charge on any atom is -0.393 e. The van der Waals surface area contributed by atoms with E-state index >= 15 is 0 Å². The van der Waals surface area contributed by atoms with Gasteiger partial charge >= 0.3 is 0 Å². The Labute approximate surface area is 93.5 Å². The quantitative estimate of drug-likeness (QED) is 0.653. The summed E-state index contributed by atoms with van der Waals surface area (Å²) in [5.41, 5.74) is 0.210. The first-order valence-electron chi connectivity index (χ1n) is 6.64. The highest BCUT2D eigenvalue weighted by Gasteiger charge is 2.37. The fourth-order valence-electron chi connectivity index (χ4n) is 3.42. The zero-order chi connectivity index (χ0) is 10.7. The summed E-state index contributed by atoms with van der Waals surface area (Å²) in [6.07, 6.45) is 10.1. The largest absolute Gasteiger partial charge is 0.393 e. The molecule has 2 rings (SSSR count). The van der Waals surface area contributed by atoms with Crippen LogP contribution in [0.25, 0.3) is 0 Å². The minimum atomic E-state index is -0.0699. The molecule has 2 heteroatoms. The Hall–Kier alpha value is -0.0800. The first-order chi connectivity index (χ1) is 7.21. The molecular weight excluding hydrogens is 186 g/mol. The van der Waals surface area contributed by atoms with Crippen LogP contribution in [0.15, 0.2) is 0 Å². The van der Waals surface area contributed by atoms with Gasteiger partial charge in [0, 0.05) is 5.54 Å². The van der Waals surface area contributed by atoms with E-state index in [0.29, 0.717) is 0 Å². The highest BCUT2D eigenvalue weighted by molar-refractivity contribution is 4.95. The Balaban J connectivity index is 1.98. The van der Waals surface area contributed by atoms with E-state index in [0.717, 1.165) is 25.3 Å². The molecular formula is C13H25NO. The second-order valence-electron chi connectivity index (χ2n) is 5.68. The van der Waals surface area contributed by atoms with Crippen molar-refractivity contribution in [1.29, 1.82) is 0 Å². The van der Waals surface area contributed by atoms with Gasteiger partial charge in [0.05, 0.1) is 6.10 Å². The number of aliphatic hydroxyl groups is 1. The molecule has 0 radical (unpaired) electrons. The van der Waals surface area contributed by atoms with Crippen LogP contribution < -0.4 is 5.32 Å². The van der Waals surface area contributed by atoms with Crippen LogP contribution >= 0.6 is 0 Å². The average molecular weight is 211 g/mol. The number of rotatable bonds is 1. The lowest BCUT2D eigenvalue weighted by Gasteiger charge is -2.43. The maximum absolute atomic E-state index is 9.81. The molecule has 2 fully saturated rings. The van der Waals surface area contributed by atoms with Crippen molar-refractivity contribution in [2.75, 3.05) is 6.54 Å². The van der Waals surface area contributed by atoms with Crippen LogP contribution in [0.2, 0.25) is 0 Å². The van der Waals surface area contributed by atoms with Crippen LogP contribution in [0.3, 0.4) is 0 Å². The number of hydrogen-bond donors (Lipinski definition) is 2. The predicted octanol–water partition coefficient (Wildman–Crippen LogP) is 2.46. The van der Waals surface area contributed by atoms with Gasteiger partial charge in [-0.1, -0.05) is 25.7 Å². The van der Waals surface area contributed by atoms with Gasteiger partial charge in [0.15, 0.2) is 0 Å². The van der Waals surface area contributed by atoms with Crippen LogP contribution in [0.4, 0.5) is 0 Å². The molecule has 2 aliphatic rings. The van der Waals surface area contributed by atoms with E-state index in [1.165, 1.54) is 38.5 Å². The summed E-state index contributed by atoms with van der Waals surface area (Å²) in [4.78, 5) is 0. The second-order valence-corrected chi connectivity index (χ2v) is 5.68. The smallest absolute Gasteiger partial charge is 0.0569 e. The highest BCUT2D eigenvalue weighted by Crippen LogP contribution is 2.36. The molecule has 0 aromatic heterocycles. The molecule has 0 amide bonds. The number of hydrogen-bond acceptors (Lipinski definition) is 2. The third-order valence-electron chi connectivity index (χ3n) is 4.42. The maximum Gasteiger partial charge on any atom is 0.0569 e. The molecule has 1 heterocycles.